The molecule has 0 saturated heterocycles. The minimum atomic E-state index is -3.28. The molecule has 4 nitrogen and oxygen atoms in total. The molecule has 0 heterocycles. The monoisotopic (exact) mass is 254 g/mol. The lowest BCUT2D eigenvalue weighted by Crippen LogP contribution is -2.42. The van der Waals surface area contributed by atoms with Gasteiger partial charge in [-0.15, -0.1) is 0 Å². The summed E-state index contributed by atoms with van der Waals surface area (Å²) in [6, 6.07) is 9.08. The smallest absolute Gasteiger partial charge is 0.216 e. The number of hydrogen-bond donors (Lipinski definition) is 2. The average Bonchev–Trinajstić information content (AvgIpc) is 3.10. The molecule has 1 unspecified atom stereocenters. The maximum atomic E-state index is 11.9. The van der Waals surface area contributed by atoms with Gasteiger partial charge in [-0.05, 0) is 24.3 Å². The second-order valence-electron chi connectivity index (χ2n) is 4.54. The third-order valence-corrected chi connectivity index (χ3v) is 4.35. The Morgan fingerprint density at radius 3 is 2.47 bits per heavy atom. The molecule has 1 atom stereocenters. The van der Waals surface area contributed by atoms with Gasteiger partial charge in [-0.3, -0.25) is 0 Å². The van der Waals surface area contributed by atoms with Crippen molar-refractivity contribution in [2.45, 2.75) is 24.6 Å². The molecule has 2 rings (SSSR count). The molecular weight excluding hydrogens is 236 g/mol. The first-order chi connectivity index (χ1) is 8.11. The van der Waals surface area contributed by atoms with Crippen molar-refractivity contribution in [1.29, 1.82) is 0 Å². The molecule has 1 aliphatic carbocycles. The fourth-order valence-electron chi connectivity index (χ4n) is 1.90. The topological polar surface area (TPSA) is 72.2 Å². The molecule has 1 fully saturated rings. The fraction of sp³-hybridized carbons (Fsp3) is 0.500. The quantitative estimate of drug-likeness (QED) is 0.790. The van der Waals surface area contributed by atoms with Crippen LogP contribution in [0.25, 0.3) is 0 Å². The third-order valence-electron chi connectivity index (χ3n) is 2.98. The standard InChI is InChI=1S/C12H18N2O2S/c13-8-12(11-6-7-11)14-17(15,16)9-10-4-2-1-3-5-10/h1-5,11-12,14H,6-9,13H2. The molecule has 0 spiro atoms. The Balaban J connectivity index is 1.98. The van der Waals surface area contributed by atoms with Crippen molar-refractivity contribution in [2.24, 2.45) is 11.7 Å². The molecule has 94 valence electrons. The molecule has 1 aliphatic rings. The van der Waals surface area contributed by atoms with Crippen LogP contribution in [-0.4, -0.2) is 21.0 Å². The van der Waals surface area contributed by atoms with Crippen molar-refractivity contribution in [3.05, 3.63) is 35.9 Å². The summed E-state index contributed by atoms with van der Waals surface area (Å²) in [6.07, 6.45) is 2.16. The van der Waals surface area contributed by atoms with Crippen LogP contribution in [0.2, 0.25) is 0 Å². The molecule has 3 N–H and O–H groups in total. The summed E-state index contributed by atoms with van der Waals surface area (Å²) in [4.78, 5) is 0. The van der Waals surface area contributed by atoms with Crippen molar-refractivity contribution in [3.63, 3.8) is 0 Å². The lowest BCUT2D eigenvalue weighted by molar-refractivity contribution is 0.518. The number of nitrogens with two attached hydrogens (primary N) is 1. The highest BCUT2D eigenvalue weighted by Crippen LogP contribution is 2.32. The van der Waals surface area contributed by atoms with Gasteiger partial charge in [0.05, 0.1) is 5.75 Å². The maximum Gasteiger partial charge on any atom is 0.216 e. The van der Waals surface area contributed by atoms with E-state index in [-0.39, 0.29) is 11.8 Å². The number of nitrogens with one attached hydrogen (secondary N) is 1. The Kier molecular flexibility index (Phi) is 3.81. The predicted octanol–water partition coefficient (Wildman–Crippen LogP) is 0.843. The summed E-state index contributed by atoms with van der Waals surface area (Å²) in [5.41, 5.74) is 6.39. The molecule has 0 amide bonds. The summed E-state index contributed by atoms with van der Waals surface area (Å²) >= 11 is 0. The molecule has 0 aliphatic heterocycles. The highest BCUT2D eigenvalue weighted by molar-refractivity contribution is 7.88. The normalized spacial score (nSPS) is 17.9. The van der Waals surface area contributed by atoms with E-state index in [1.165, 1.54) is 0 Å². The van der Waals surface area contributed by atoms with Crippen molar-refractivity contribution >= 4 is 10.0 Å². The predicted molar refractivity (Wildman–Crippen MR) is 67.8 cm³/mol. The molecule has 0 radical (unpaired) electrons. The van der Waals surface area contributed by atoms with Crippen molar-refractivity contribution in [3.8, 4) is 0 Å². The molecule has 0 aromatic heterocycles. The van der Waals surface area contributed by atoms with Gasteiger partial charge < -0.3 is 5.73 Å². The summed E-state index contributed by atoms with van der Waals surface area (Å²) in [5.74, 6) is 0.461. The van der Waals surface area contributed by atoms with Gasteiger partial charge in [0.15, 0.2) is 0 Å². The zero-order valence-electron chi connectivity index (χ0n) is 9.67. The zero-order valence-corrected chi connectivity index (χ0v) is 10.5. The maximum absolute atomic E-state index is 11.9. The zero-order chi connectivity index (χ0) is 12.3. The molecule has 1 aromatic rings. The fourth-order valence-corrected chi connectivity index (χ4v) is 3.37. The van der Waals surface area contributed by atoms with Crippen LogP contribution in [0, 0.1) is 5.92 Å². The minimum absolute atomic E-state index is 0.0249. The number of benzene rings is 1. The first kappa shape index (κ1) is 12.5. The first-order valence-corrected chi connectivity index (χ1v) is 7.50. The molecule has 17 heavy (non-hydrogen) atoms. The second kappa shape index (κ2) is 5.16. The summed E-state index contributed by atoms with van der Waals surface area (Å²) in [6.45, 7) is 0.374. The van der Waals surface area contributed by atoms with Crippen LogP contribution in [0.1, 0.15) is 18.4 Å². The van der Waals surface area contributed by atoms with Gasteiger partial charge in [0.2, 0.25) is 10.0 Å². The van der Waals surface area contributed by atoms with E-state index in [2.05, 4.69) is 4.72 Å². The van der Waals surface area contributed by atoms with E-state index < -0.39 is 10.0 Å². The van der Waals surface area contributed by atoms with Crippen molar-refractivity contribution in [2.75, 3.05) is 6.54 Å². The van der Waals surface area contributed by atoms with E-state index in [1.807, 2.05) is 30.3 Å². The van der Waals surface area contributed by atoms with Crippen LogP contribution < -0.4 is 10.5 Å². The van der Waals surface area contributed by atoms with Gasteiger partial charge >= 0.3 is 0 Å². The summed E-state index contributed by atoms with van der Waals surface area (Å²) < 4.78 is 26.6. The van der Waals surface area contributed by atoms with Crippen LogP contribution in [0.3, 0.4) is 0 Å². The Labute approximate surface area is 102 Å². The van der Waals surface area contributed by atoms with Gasteiger partial charge in [0, 0.05) is 12.6 Å². The van der Waals surface area contributed by atoms with Crippen LogP contribution in [0.4, 0.5) is 0 Å². The molecule has 1 aromatic carbocycles. The lowest BCUT2D eigenvalue weighted by Gasteiger charge is -2.16. The molecule has 1 saturated carbocycles. The van der Waals surface area contributed by atoms with E-state index >= 15 is 0 Å². The van der Waals surface area contributed by atoms with E-state index in [0.717, 1.165) is 18.4 Å². The van der Waals surface area contributed by atoms with Gasteiger partial charge in [0.25, 0.3) is 0 Å². The van der Waals surface area contributed by atoms with Gasteiger partial charge in [-0.25, -0.2) is 13.1 Å². The van der Waals surface area contributed by atoms with Crippen LogP contribution >= 0.6 is 0 Å². The Morgan fingerprint density at radius 2 is 1.94 bits per heavy atom. The first-order valence-electron chi connectivity index (χ1n) is 5.85. The Bertz CT molecular complexity index is 455. The number of rotatable bonds is 6. The molecule has 5 heteroatoms. The molecule has 0 bridgehead atoms. The van der Waals surface area contributed by atoms with Crippen LogP contribution in [0.15, 0.2) is 30.3 Å². The lowest BCUT2D eigenvalue weighted by atomic mass is 10.2. The average molecular weight is 254 g/mol. The third kappa shape index (κ3) is 3.80. The minimum Gasteiger partial charge on any atom is -0.329 e. The summed E-state index contributed by atoms with van der Waals surface area (Å²) in [7, 11) is -3.28. The number of hydrogen-bond acceptors (Lipinski definition) is 3. The van der Waals surface area contributed by atoms with E-state index in [9.17, 15) is 8.42 Å². The highest BCUT2D eigenvalue weighted by atomic mass is 32.2. The van der Waals surface area contributed by atoms with Crippen LogP contribution in [0.5, 0.6) is 0 Å². The largest absolute Gasteiger partial charge is 0.329 e. The summed E-state index contributed by atoms with van der Waals surface area (Å²) in [5, 5.41) is 0. The van der Waals surface area contributed by atoms with Crippen molar-refractivity contribution in [1.82, 2.24) is 4.72 Å². The van der Waals surface area contributed by atoms with E-state index in [4.69, 9.17) is 5.73 Å². The SMILES string of the molecule is NCC(NS(=O)(=O)Cc1ccccc1)C1CC1. The van der Waals surface area contributed by atoms with Gasteiger partial charge in [0.1, 0.15) is 0 Å². The number of sulfonamides is 1. The van der Waals surface area contributed by atoms with Crippen LogP contribution in [-0.2, 0) is 15.8 Å². The highest BCUT2D eigenvalue weighted by Gasteiger charge is 2.32. The molecular formula is C12H18N2O2S. The second-order valence-corrected chi connectivity index (χ2v) is 6.30. The van der Waals surface area contributed by atoms with Gasteiger partial charge in [-0.2, -0.15) is 0 Å². The van der Waals surface area contributed by atoms with E-state index in [0.29, 0.717) is 12.5 Å². The van der Waals surface area contributed by atoms with Gasteiger partial charge in [-0.1, -0.05) is 30.3 Å². The van der Waals surface area contributed by atoms with Crippen molar-refractivity contribution < 1.29 is 8.42 Å². The Hall–Kier alpha value is -0.910. The Morgan fingerprint density at radius 1 is 1.29 bits per heavy atom. The van der Waals surface area contributed by atoms with E-state index in [1.54, 1.807) is 0 Å².